The van der Waals surface area contributed by atoms with Crippen LogP contribution < -0.4 is 5.36 Å². The molecule has 21 heavy (non-hydrogen) atoms. The fraction of sp³-hybridized carbons (Fsp3) is 0.167. The molecule has 0 bridgehead atoms. The Kier molecular flexibility index (Phi) is 3.48. The van der Waals surface area contributed by atoms with Crippen molar-refractivity contribution in [1.82, 2.24) is 0 Å². The van der Waals surface area contributed by atoms with Gasteiger partial charge in [-0.3, -0.25) is 0 Å². The van der Waals surface area contributed by atoms with Crippen LogP contribution in [0, 0.1) is 6.92 Å². The zero-order chi connectivity index (χ0) is 14.8. The molecule has 1 heterocycles. The molecule has 0 fully saturated rings. The second-order valence-corrected chi connectivity index (χ2v) is 5.15. The van der Waals surface area contributed by atoms with E-state index in [0.29, 0.717) is 11.1 Å². The van der Waals surface area contributed by atoms with E-state index in [1.54, 1.807) is 6.07 Å². The first kappa shape index (κ1) is 13.4. The zero-order valence-electron chi connectivity index (χ0n) is 12.1. The summed E-state index contributed by atoms with van der Waals surface area (Å²) in [5, 5.41) is 14.1. The van der Waals surface area contributed by atoms with E-state index in [1.807, 2.05) is 49.4 Å². The Balaban J connectivity index is 2.25. The monoisotopic (exact) mass is 279 g/mol. The van der Waals surface area contributed by atoms with Gasteiger partial charge in [0, 0.05) is 17.0 Å². The van der Waals surface area contributed by atoms with Crippen LogP contribution in [-0.2, 0) is 6.42 Å². The van der Waals surface area contributed by atoms with Crippen molar-refractivity contribution in [1.29, 1.82) is 0 Å². The highest BCUT2D eigenvalue weighted by atomic mass is 16.4. The molecule has 3 heteroatoms. The van der Waals surface area contributed by atoms with Gasteiger partial charge in [0.15, 0.2) is 0 Å². The minimum Gasteiger partial charge on any atom is -0.456 e. The summed E-state index contributed by atoms with van der Waals surface area (Å²) in [5.74, 6) is 0.694. The Morgan fingerprint density at radius 2 is 1.81 bits per heavy atom. The molecule has 0 radical (unpaired) electrons. The highest BCUT2D eigenvalue weighted by Gasteiger charge is 2.07. The first-order valence-corrected chi connectivity index (χ1v) is 7.03. The largest absolute Gasteiger partial charge is 0.456 e. The van der Waals surface area contributed by atoms with Crippen LogP contribution >= 0.6 is 0 Å². The Labute approximate surface area is 123 Å². The van der Waals surface area contributed by atoms with Crippen molar-refractivity contribution >= 4 is 11.0 Å². The fourth-order valence-electron chi connectivity index (χ4n) is 2.38. The number of aryl methyl sites for hydroxylation is 2. The molecule has 0 saturated carbocycles. The van der Waals surface area contributed by atoms with Crippen molar-refractivity contribution in [2.45, 2.75) is 20.3 Å². The van der Waals surface area contributed by atoms with Gasteiger partial charge in [0.25, 0.3) is 0 Å². The van der Waals surface area contributed by atoms with Crippen molar-refractivity contribution in [3.63, 3.8) is 0 Å². The molecule has 3 nitrogen and oxygen atoms in total. The van der Waals surface area contributed by atoms with E-state index in [-0.39, 0.29) is 0 Å². The topological polar surface area (TPSA) is 45.7 Å². The van der Waals surface area contributed by atoms with E-state index < -0.39 is 0 Å². The summed E-state index contributed by atoms with van der Waals surface area (Å²) in [6.07, 6.45) is 0.931. The third kappa shape index (κ3) is 2.55. The molecule has 2 aromatic carbocycles. The van der Waals surface area contributed by atoms with E-state index in [1.165, 1.54) is 11.1 Å². The smallest absolute Gasteiger partial charge is 0.137 e. The second-order valence-electron chi connectivity index (χ2n) is 5.15. The maximum absolute atomic E-state index is 9.30. The van der Waals surface area contributed by atoms with Crippen LogP contribution in [0.2, 0.25) is 0 Å². The number of fused-ring (bicyclic) bond motifs is 1. The van der Waals surface area contributed by atoms with E-state index in [4.69, 9.17) is 4.42 Å². The second kappa shape index (κ2) is 5.44. The van der Waals surface area contributed by atoms with E-state index in [0.717, 1.165) is 23.0 Å². The van der Waals surface area contributed by atoms with E-state index in [9.17, 15) is 5.21 Å². The summed E-state index contributed by atoms with van der Waals surface area (Å²) in [6.45, 7) is 4.14. The summed E-state index contributed by atoms with van der Waals surface area (Å²) in [6, 6.07) is 15.8. The average molecular weight is 279 g/mol. The lowest BCUT2D eigenvalue weighted by Crippen LogP contribution is -2.04. The van der Waals surface area contributed by atoms with Crippen LogP contribution in [0.1, 0.15) is 18.1 Å². The highest BCUT2D eigenvalue weighted by Crippen LogP contribution is 2.23. The van der Waals surface area contributed by atoms with Crippen molar-refractivity contribution < 1.29 is 9.62 Å². The summed E-state index contributed by atoms with van der Waals surface area (Å²) in [5.41, 5.74) is 4.06. The third-order valence-electron chi connectivity index (χ3n) is 3.66. The molecular formula is C18H17NO2. The molecule has 0 atom stereocenters. The Hall–Kier alpha value is -2.55. The SMILES string of the molecule is CCc1ccc2oc(-c3ccc(C)cc3)c/c(=N\O)c2c1. The van der Waals surface area contributed by atoms with Crippen molar-refractivity contribution in [3.05, 3.63) is 65.0 Å². The minimum atomic E-state index is 0.530. The molecule has 1 aromatic heterocycles. The average Bonchev–Trinajstić information content (AvgIpc) is 2.54. The van der Waals surface area contributed by atoms with Gasteiger partial charge in [-0.25, -0.2) is 0 Å². The molecule has 0 aliphatic heterocycles. The molecule has 0 spiro atoms. The van der Waals surface area contributed by atoms with Gasteiger partial charge >= 0.3 is 0 Å². The van der Waals surface area contributed by atoms with Crippen molar-refractivity contribution in [2.24, 2.45) is 5.16 Å². The van der Waals surface area contributed by atoms with Gasteiger partial charge in [-0.1, -0.05) is 48.0 Å². The lowest BCUT2D eigenvalue weighted by Gasteiger charge is -2.06. The minimum absolute atomic E-state index is 0.530. The van der Waals surface area contributed by atoms with Crippen LogP contribution in [0.25, 0.3) is 22.3 Å². The molecule has 0 amide bonds. The lowest BCUT2D eigenvalue weighted by molar-refractivity contribution is 0.302. The Morgan fingerprint density at radius 3 is 2.48 bits per heavy atom. The number of hydrogen-bond acceptors (Lipinski definition) is 3. The predicted octanol–water partition coefficient (Wildman–Crippen LogP) is 4.26. The van der Waals surface area contributed by atoms with Gasteiger partial charge in [0.05, 0.1) is 0 Å². The molecule has 3 aromatic rings. The standard InChI is InChI=1S/C18H17NO2/c1-3-13-6-9-17-15(10-13)16(19-20)11-18(21-17)14-7-4-12(2)5-8-14/h4-11,20H,3H2,1-2H3/b19-16+. The van der Waals surface area contributed by atoms with E-state index in [2.05, 4.69) is 12.1 Å². The van der Waals surface area contributed by atoms with Gasteiger partial charge in [0.2, 0.25) is 0 Å². The van der Waals surface area contributed by atoms with E-state index >= 15 is 0 Å². The first-order chi connectivity index (χ1) is 10.2. The van der Waals surface area contributed by atoms with Crippen molar-refractivity contribution in [2.75, 3.05) is 0 Å². The summed E-state index contributed by atoms with van der Waals surface area (Å²) < 4.78 is 5.96. The van der Waals surface area contributed by atoms with Gasteiger partial charge < -0.3 is 9.62 Å². The lowest BCUT2D eigenvalue weighted by atomic mass is 10.1. The van der Waals surface area contributed by atoms with Crippen LogP contribution in [0.5, 0.6) is 0 Å². The summed E-state index contributed by atoms with van der Waals surface area (Å²) in [7, 11) is 0. The fourth-order valence-corrected chi connectivity index (χ4v) is 2.38. The van der Waals surface area contributed by atoms with Crippen LogP contribution in [0.3, 0.4) is 0 Å². The van der Waals surface area contributed by atoms with Crippen molar-refractivity contribution in [3.8, 4) is 11.3 Å². The molecule has 0 aliphatic rings. The molecular weight excluding hydrogens is 262 g/mol. The van der Waals surface area contributed by atoms with Gasteiger partial charge in [-0.05, 0) is 31.0 Å². The molecule has 0 saturated heterocycles. The molecule has 0 aliphatic carbocycles. The quantitative estimate of drug-likeness (QED) is 0.562. The first-order valence-electron chi connectivity index (χ1n) is 7.03. The van der Waals surface area contributed by atoms with Gasteiger partial charge in [0.1, 0.15) is 16.7 Å². The predicted molar refractivity (Wildman–Crippen MR) is 83.1 cm³/mol. The Morgan fingerprint density at radius 1 is 1.05 bits per heavy atom. The number of rotatable bonds is 2. The van der Waals surface area contributed by atoms with Gasteiger partial charge in [-0.2, -0.15) is 0 Å². The maximum atomic E-state index is 9.30. The van der Waals surface area contributed by atoms with Gasteiger partial charge in [-0.15, -0.1) is 0 Å². The third-order valence-corrected chi connectivity index (χ3v) is 3.66. The van der Waals surface area contributed by atoms with Crippen LogP contribution in [-0.4, -0.2) is 5.21 Å². The Bertz CT molecular complexity index is 845. The number of nitrogens with zero attached hydrogens (tertiary/aromatic N) is 1. The zero-order valence-corrected chi connectivity index (χ0v) is 12.1. The summed E-state index contributed by atoms with van der Waals surface area (Å²) in [4.78, 5) is 0. The number of hydrogen-bond donors (Lipinski definition) is 1. The summed E-state index contributed by atoms with van der Waals surface area (Å²) >= 11 is 0. The highest BCUT2D eigenvalue weighted by molar-refractivity contribution is 5.79. The molecule has 3 rings (SSSR count). The maximum Gasteiger partial charge on any atom is 0.137 e. The molecule has 0 unspecified atom stereocenters. The molecule has 1 N–H and O–H groups in total. The normalized spacial score (nSPS) is 12.0. The number of benzene rings is 2. The molecule has 106 valence electrons. The van der Waals surface area contributed by atoms with Crippen LogP contribution in [0.4, 0.5) is 0 Å². The van der Waals surface area contributed by atoms with Crippen LogP contribution in [0.15, 0.2) is 58.1 Å².